The third kappa shape index (κ3) is 1.64. The van der Waals surface area contributed by atoms with Crippen LogP contribution in [0.4, 0.5) is 5.69 Å². The predicted octanol–water partition coefficient (Wildman–Crippen LogP) is 2.70. The minimum atomic E-state index is -0.407. The molecule has 0 atom stereocenters. The van der Waals surface area contributed by atoms with E-state index in [2.05, 4.69) is 25.8 Å². The van der Waals surface area contributed by atoms with Crippen molar-refractivity contribution in [2.24, 2.45) is 0 Å². The Morgan fingerprint density at radius 2 is 2.06 bits per heavy atom. The van der Waals surface area contributed by atoms with Crippen LogP contribution in [0.1, 0.15) is 20.8 Å². The first-order valence-corrected chi connectivity index (χ1v) is 5.01. The second kappa shape index (κ2) is 3.30. The Balaban J connectivity index is 2.64. The summed E-state index contributed by atoms with van der Waals surface area (Å²) in [6.45, 7) is 6.20. The van der Waals surface area contributed by atoms with E-state index in [-0.39, 0.29) is 11.2 Å². The molecule has 0 aliphatic rings. The predicted molar refractivity (Wildman–Crippen MR) is 61.4 cm³/mol. The van der Waals surface area contributed by atoms with Crippen LogP contribution in [0.2, 0.25) is 0 Å². The number of aromatic nitrogens is 2. The summed E-state index contributed by atoms with van der Waals surface area (Å²) in [5.41, 5.74) is 1.57. The van der Waals surface area contributed by atoms with E-state index in [0.717, 1.165) is 5.52 Å². The molecule has 0 unspecified atom stereocenters. The minimum absolute atomic E-state index is 0.0756. The number of benzene rings is 1. The number of rotatable bonds is 1. The highest BCUT2D eigenvalue weighted by Crippen LogP contribution is 2.24. The molecule has 1 heterocycles. The lowest BCUT2D eigenvalue weighted by Crippen LogP contribution is -2.20. The van der Waals surface area contributed by atoms with Crippen LogP contribution in [0.15, 0.2) is 24.5 Å². The number of non-ortho nitro benzene ring substituents is 1. The van der Waals surface area contributed by atoms with Gasteiger partial charge in [-0.2, -0.15) is 0 Å². The first-order chi connectivity index (χ1) is 7.39. The second-order valence-corrected chi connectivity index (χ2v) is 4.72. The second-order valence-electron chi connectivity index (χ2n) is 4.72. The fourth-order valence-corrected chi connectivity index (χ4v) is 1.65. The molecule has 2 rings (SSSR count). The summed E-state index contributed by atoms with van der Waals surface area (Å²) in [7, 11) is 0. The van der Waals surface area contributed by atoms with Crippen LogP contribution < -0.4 is 0 Å². The molecule has 16 heavy (non-hydrogen) atoms. The molecule has 1 aromatic heterocycles. The Morgan fingerprint density at radius 3 is 2.62 bits per heavy atom. The normalized spacial score (nSPS) is 11.9. The molecule has 84 valence electrons. The highest BCUT2D eigenvalue weighted by molar-refractivity contribution is 5.78. The standard InChI is InChI=1S/C11H13N3O2/c1-11(2,3)13-7-12-9-6-8(14(15)16)4-5-10(9)13/h4-7H,1-3H3. The number of nitrogens with zero attached hydrogens (tertiary/aromatic N) is 3. The third-order valence-corrected chi connectivity index (χ3v) is 2.46. The van der Waals surface area contributed by atoms with Crippen molar-refractivity contribution in [2.75, 3.05) is 0 Å². The molecule has 0 saturated heterocycles. The van der Waals surface area contributed by atoms with Crippen LogP contribution in [0, 0.1) is 10.1 Å². The smallest absolute Gasteiger partial charge is 0.271 e. The average molecular weight is 219 g/mol. The lowest BCUT2D eigenvalue weighted by molar-refractivity contribution is -0.384. The van der Waals surface area contributed by atoms with Gasteiger partial charge >= 0.3 is 0 Å². The maximum Gasteiger partial charge on any atom is 0.271 e. The molecule has 0 radical (unpaired) electrons. The van der Waals surface area contributed by atoms with E-state index in [9.17, 15) is 10.1 Å². The summed E-state index contributed by atoms with van der Waals surface area (Å²) >= 11 is 0. The van der Waals surface area contributed by atoms with Crippen LogP contribution in [0.5, 0.6) is 0 Å². The fourth-order valence-electron chi connectivity index (χ4n) is 1.65. The van der Waals surface area contributed by atoms with Crippen molar-refractivity contribution in [3.05, 3.63) is 34.6 Å². The van der Waals surface area contributed by atoms with Gasteiger partial charge in [-0.3, -0.25) is 10.1 Å². The molecule has 0 bridgehead atoms. The van der Waals surface area contributed by atoms with Gasteiger partial charge in [0.05, 0.1) is 22.3 Å². The summed E-state index contributed by atoms with van der Waals surface area (Å²) < 4.78 is 2.01. The van der Waals surface area contributed by atoms with E-state index in [1.807, 2.05) is 4.57 Å². The summed E-state index contributed by atoms with van der Waals surface area (Å²) in [6.07, 6.45) is 1.72. The molecule has 0 aliphatic heterocycles. The van der Waals surface area contributed by atoms with Crippen molar-refractivity contribution in [2.45, 2.75) is 26.3 Å². The Bertz CT molecular complexity index is 552. The lowest BCUT2D eigenvalue weighted by Gasteiger charge is -2.21. The molecule has 0 aliphatic carbocycles. The van der Waals surface area contributed by atoms with E-state index in [4.69, 9.17) is 0 Å². The van der Waals surface area contributed by atoms with Crippen LogP contribution in [-0.2, 0) is 5.54 Å². The quantitative estimate of drug-likeness (QED) is 0.547. The van der Waals surface area contributed by atoms with E-state index in [0.29, 0.717) is 5.52 Å². The van der Waals surface area contributed by atoms with Crippen LogP contribution in [0.3, 0.4) is 0 Å². The molecule has 5 nitrogen and oxygen atoms in total. The first-order valence-electron chi connectivity index (χ1n) is 5.01. The van der Waals surface area contributed by atoms with Gasteiger partial charge in [-0.25, -0.2) is 4.98 Å². The third-order valence-electron chi connectivity index (χ3n) is 2.46. The number of nitro groups is 1. The molecular formula is C11H13N3O2. The van der Waals surface area contributed by atoms with Gasteiger partial charge in [0.25, 0.3) is 5.69 Å². The molecule has 0 fully saturated rings. The summed E-state index contributed by atoms with van der Waals surface area (Å²) in [6, 6.07) is 4.75. The molecule has 1 aromatic carbocycles. The van der Waals surface area contributed by atoms with Crippen molar-refractivity contribution in [1.29, 1.82) is 0 Å². The first kappa shape index (κ1) is 10.6. The summed E-state index contributed by atoms with van der Waals surface area (Å²) in [5.74, 6) is 0. The molecule has 0 saturated carbocycles. The molecule has 5 heteroatoms. The summed E-state index contributed by atoms with van der Waals surface area (Å²) in [5, 5.41) is 10.6. The molecule has 0 N–H and O–H groups in total. The van der Waals surface area contributed by atoms with Crippen molar-refractivity contribution in [3.63, 3.8) is 0 Å². The molecule has 2 aromatic rings. The Hall–Kier alpha value is -1.91. The average Bonchev–Trinajstić information content (AvgIpc) is 2.58. The Labute approximate surface area is 92.9 Å². The van der Waals surface area contributed by atoms with Gasteiger partial charge in [0.1, 0.15) is 0 Å². The maximum atomic E-state index is 10.6. The fraction of sp³-hybridized carbons (Fsp3) is 0.364. The zero-order valence-corrected chi connectivity index (χ0v) is 9.47. The van der Waals surface area contributed by atoms with Gasteiger partial charge in [-0.1, -0.05) is 0 Å². The molecular weight excluding hydrogens is 206 g/mol. The Morgan fingerprint density at radius 1 is 1.38 bits per heavy atom. The Kier molecular flexibility index (Phi) is 2.18. The van der Waals surface area contributed by atoms with Crippen molar-refractivity contribution in [1.82, 2.24) is 9.55 Å². The van der Waals surface area contributed by atoms with Crippen LogP contribution >= 0.6 is 0 Å². The van der Waals surface area contributed by atoms with Crippen LogP contribution in [0.25, 0.3) is 11.0 Å². The number of hydrogen-bond donors (Lipinski definition) is 0. The maximum absolute atomic E-state index is 10.6. The number of hydrogen-bond acceptors (Lipinski definition) is 3. The van der Waals surface area contributed by atoms with Crippen molar-refractivity contribution < 1.29 is 4.92 Å². The van der Waals surface area contributed by atoms with Gasteiger partial charge in [0, 0.05) is 17.7 Å². The van der Waals surface area contributed by atoms with Crippen molar-refractivity contribution in [3.8, 4) is 0 Å². The number of imidazole rings is 1. The van der Waals surface area contributed by atoms with E-state index in [1.165, 1.54) is 12.1 Å². The van der Waals surface area contributed by atoms with Crippen molar-refractivity contribution >= 4 is 16.7 Å². The highest BCUT2D eigenvalue weighted by atomic mass is 16.6. The van der Waals surface area contributed by atoms with Gasteiger partial charge in [0.2, 0.25) is 0 Å². The number of nitro benzene ring substituents is 1. The van der Waals surface area contributed by atoms with Crippen LogP contribution in [-0.4, -0.2) is 14.5 Å². The minimum Gasteiger partial charge on any atom is -0.325 e. The molecule has 0 amide bonds. The lowest BCUT2D eigenvalue weighted by atomic mass is 10.1. The monoisotopic (exact) mass is 219 g/mol. The topological polar surface area (TPSA) is 61.0 Å². The largest absolute Gasteiger partial charge is 0.325 e. The zero-order chi connectivity index (χ0) is 11.9. The summed E-state index contributed by atoms with van der Waals surface area (Å²) in [4.78, 5) is 14.4. The van der Waals surface area contributed by atoms with Gasteiger partial charge in [0.15, 0.2) is 0 Å². The van der Waals surface area contributed by atoms with Gasteiger partial charge in [-0.05, 0) is 26.8 Å². The van der Waals surface area contributed by atoms with E-state index < -0.39 is 4.92 Å². The van der Waals surface area contributed by atoms with Gasteiger partial charge < -0.3 is 4.57 Å². The van der Waals surface area contributed by atoms with E-state index in [1.54, 1.807) is 12.4 Å². The molecule has 0 spiro atoms. The highest BCUT2D eigenvalue weighted by Gasteiger charge is 2.17. The zero-order valence-electron chi connectivity index (χ0n) is 9.47. The number of fused-ring (bicyclic) bond motifs is 1. The van der Waals surface area contributed by atoms with E-state index >= 15 is 0 Å². The van der Waals surface area contributed by atoms with Gasteiger partial charge in [-0.15, -0.1) is 0 Å². The SMILES string of the molecule is CC(C)(C)n1cnc2cc([N+](=O)[O-])ccc21.